The minimum absolute atomic E-state index is 0.0913. The van der Waals surface area contributed by atoms with Crippen molar-refractivity contribution >= 4 is 27.7 Å². The van der Waals surface area contributed by atoms with Crippen molar-refractivity contribution in [3.63, 3.8) is 0 Å². The Bertz CT molecular complexity index is 710. The summed E-state index contributed by atoms with van der Waals surface area (Å²) in [6, 6.07) is 8.17. The van der Waals surface area contributed by atoms with E-state index in [2.05, 4.69) is 31.3 Å². The van der Waals surface area contributed by atoms with Gasteiger partial charge in [0.05, 0.1) is 23.7 Å². The standard InChI is InChI=1S/C19H30N2O4S2/c1-14(2)17-5-7-18(8-6-17)26-13-19(22)20-9-10-27(23,24)21-11-15(3)25-16(4)12-21/h5-8,14-16H,9-13H2,1-4H3,(H,20,22)/t15-,16+. The third-order valence-corrected chi connectivity index (χ3v) is 7.20. The number of nitrogens with one attached hydrogen (secondary N) is 1. The number of carbonyl (C=O) groups excluding carboxylic acids is 1. The Labute approximate surface area is 167 Å². The van der Waals surface area contributed by atoms with Gasteiger partial charge in [-0.2, -0.15) is 4.31 Å². The topological polar surface area (TPSA) is 75.7 Å². The lowest BCUT2D eigenvalue weighted by Crippen LogP contribution is -2.49. The van der Waals surface area contributed by atoms with Gasteiger partial charge in [-0.1, -0.05) is 26.0 Å². The maximum atomic E-state index is 12.4. The molecule has 0 spiro atoms. The lowest BCUT2D eigenvalue weighted by Gasteiger charge is -2.34. The maximum Gasteiger partial charge on any atom is 0.230 e. The highest BCUT2D eigenvalue weighted by atomic mass is 32.2. The van der Waals surface area contributed by atoms with Crippen molar-refractivity contribution < 1.29 is 17.9 Å². The van der Waals surface area contributed by atoms with Gasteiger partial charge >= 0.3 is 0 Å². The maximum absolute atomic E-state index is 12.4. The second-order valence-electron chi connectivity index (χ2n) is 7.25. The second-order valence-corrected chi connectivity index (χ2v) is 10.4. The smallest absolute Gasteiger partial charge is 0.230 e. The lowest BCUT2D eigenvalue weighted by atomic mass is 10.0. The van der Waals surface area contributed by atoms with Gasteiger partial charge in [-0.25, -0.2) is 8.42 Å². The van der Waals surface area contributed by atoms with E-state index in [1.165, 1.54) is 21.6 Å². The Balaban J connectivity index is 1.73. The van der Waals surface area contributed by atoms with E-state index in [1.807, 2.05) is 26.0 Å². The predicted octanol–water partition coefficient (Wildman–Crippen LogP) is 2.46. The molecule has 0 aromatic heterocycles. The molecule has 1 heterocycles. The van der Waals surface area contributed by atoms with Gasteiger partial charge in [0.25, 0.3) is 0 Å². The number of thioether (sulfide) groups is 1. The zero-order valence-electron chi connectivity index (χ0n) is 16.5. The van der Waals surface area contributed by atoms with Crippen LogP contribution in [0.5, 0.6) is 0 Å². The molecular formula is C19H30N2O4S2. The lowest BCUT2D eigenvalue weighted by molar-refractivity contribution is -0.118. The number of carbonyl (C=O) groups is 1. The largest absolute Gasteiger partial charge is 0.373 e. The molecular weight excluding hydrogens is 384 g/mol. The van der Waals surface area contributed by atoms with Crippen LogP contribution in [0.15, 0.2) is 29.2 Å². The molecule has 27 heavy (non-hydrogen) atoms. The predicted molar refractivity (Wildman–Crippen MR) is 110 cm³/mol. The van der Waals surface area contributed by atoms with Crippen molar-refractivity contribution in [3.8, 4) is 0 Å². The first kappa shape index (κ1) is 22.2. The Kier molecular flexibility index (Phi) is 8.15. The van der Waals surface area contributed by atoms with Gasteiger partial charge in [0, 0.05) is 24.5 Å². The molecule has 8 heteroatoms. The van der Waals surface area contributed by atoms with Crippen LogP contribution in [-0.4, -0.2) is 62.0 Å². The van der Waals surface area contributed by atoms with Crippen molar-refractivity contribution in [2.24, 2.45) is 0 Å². The van der Waals surface area contributed by atoms with E-state index < -0.39 is 10.0 Å². The highest BCUT2D eigenvalue weighted by Gasteiger charge is 2.30. The number of morpholine rings is 1. The summed E-state index contributed by atoms with van der Waals surface area (Å²) < 4.78 is 31.9. The van der Waals surface area contributed by atoms with Crippen molar-refractivity contribution in [3.05, 3.63) is 29.8 Å². The Morgan fingerprint density at radius 1 is 1.22 bits per heavy atom. The first-order valence-electron chi connectivity index (χ1n) is 9.30. The van der Waals surface area contributed by atoms with Crippen LogP contribution >= 0.6 is 11.8 Å². The van der Waals surface area contributed by atoms with Crippen molar-refractivity contribution in [2.45, 2.75) is 50.7 Å². The molecule has 1 aliphatic heterocycles. The molecule has 2 rings (SSSR count). The molecule has 1 aromatic rings. The summed E-state index contributed by atoms with van der Waals surface area (Å²) in [7, 11) is -3.39. The fourth-order valence-electron chi connectivity index (χ4n) is 2.96. The van der Waals surface area contributed by atoms with E-state index >= 15 is 0 Å². The van der Waals surface area contributed by atoms with Crippen LogP contribution in [0.2, 0.25) is 0 Å². The van der Waals surface area contributed by atoms with Crippen LogP contribution in [0.25, 0.3) is 0 Å². The second kappa shape index (κ2) is 9.91. The number of hydrogen-bond acceptors (Lipinski definition) is 5. The zero-order chi connectivity index (χ0) is 20.0. The molecule has 1 saturated heterocycles. The van der Waals surface area contributed by atoms with E-state index in [1.54, 1.807) is 0 Å². The van der Waals surface area contributed by atoms with E-state index in [0.717, 1.165) is 4.90 Å². The Morgan fingerprint density at radius 2 is 1.81 bits per heavy atom. The molecule has 0 aliphatic carbocycles. The van der Waals surface area contributed by atoms with E-state index in [9.17, 15) is 13.2 Å². The number of rotatable bonds is 8. The molecule has 0 unspecified atom stereocenters. The highest BCUT2D eigenvalue weighted by Crippen LogP contribution is 2.21. The van der Waals surface area contributed by atoms with Crippen molar-refractivity contribution in [1.82, 2.24) is 9.62 Å². The molecule has 152 valence electrons. The summed E-state index contributed by atoms with van der Waals surface area (Å²) in [5.41, 5.74) is 1.26. The summed E-state index contributed by atoms with van der Waals surface area (Å²) in [4.78, 5) is 13.0. The number of hydrogen-bond donors (Lipinski definition) is 1. The molecule has 0 saturated carbocycles. The van der Waals surface area contributed by atoms with Crippen LogP contribution in [0.4, 0.5) is 0 Å². The third-order valence-electron chi connectivity index (χ3n) is 4.38. The fraction of sp³-hybridized carbons (Fsp3) is 0.632. The quantitative estimate of drug-likeness (QED) is 0.662. The number of amides is 1. The van der Waals surface area contributed by atoms with E-state index in [0.29, 0.717) is 19.0 Å². The van der Waals surface area contributed by atoms with Gasteiger partial charge < -0.3 is 10.1 Å². The summed E-state index contributed by atoms with van der Waals surface area (Å²) in [5.74, 6) is 0.497. The highest BCUT2D eigenvalue weighted by molar-refractivity contribution is 8.00. The number of sulfonamides is 1. The summed E-state index contributed by atoms with van der Waals surface area (Å²) in [6.45, 7) is 8.86. The first-order valence-corrected chi connectivity index (χ1v) is 11.9. The molecule has 1 amide bonds. The fourth-order valence-corrected chi connectivity index (χ4v) is 5.18. The van der Waals surface area contributed by atoms with Gasteiger partial charge in [-0.3, -0.25) is 4.79 Å². The van der Waals surface area contributed by atoms with Gasteiger partial charge in [-0.15, -0.1) is 11.8 Å². The number of benzene rings is 1. The summed E-state index contributed by atoms with van der Waals surface area (Å²) >= 11 is 1.45. The van der Waals surface area contributed by atoms with Crippen LogP contribution in [0.3, 0.4) is 0 Å². The monoisotopic (exact) mass is 414 g/mol. The van der Waals surface area contributed by atoms with Crippen LogP contribution in [0.1, 0.15) is 39.2 Å². The average molecular weight is 415 g/mol. The van der Waals surface area contributed by atoms with Crippen molar-refractivity contribution in [1.29, 1.82) is 0 Å². The number of nitrogens with zero attached hydrogens (tertiary/aromatic N) is 1. The molecule has 6 nitrogen and oxygen atoms in total. The molecule has 0 bridgehead atoms. The minimum atomic E-state index is -3.39. The van der Waals surface area contributed by atoms with Crippen LogP contribution in [0, 0.1) is 0 Å². The molecule has 1 aliphatic rings. The van der Waals surface area contributed by atoms with Crippen LogP contribution in [-0.2, 0) is 19.6 Å². The van der Waals surface area contributed by atoms with Gasteiger partial charge in [0.2, 0.25) is 15.9 Å². The average Bonchev–Trinajstić information content (AvgIpc) is 2.59. The van der Waals surface area contributed by atoms with Crippen molar-refractivity contribution in [2.75, 3.05) is 31.1 Å². The van der Waals surface area contributed by atoms with Gasteiger partial charge in [0.1, 0.15) is 0 Å². The van der Waals surface area contributed by atoms with Crippen LogP contribution < -0.4 is 5.32 Å². The van der Waals surface area contributed by atoms with E-state index in [4.69, 9.17) is 4.74 Å². The SMILES string of the molecule is CC(C)c1ccc(SCC(=O)NCCS(=O)(=O)N2C[C@@H](C)O[C@@H](C)C2)cc1. The normalized spacial score (nSPS) is 21.4. The summed E-state index contributed by atoms with van der Waals surface area (Å²) in [5, 5.41) is 2.70. The Hall–Kier alpha value is -1.09. The molecule has 1 fully saturated rings. The first-order chi connectivity index (χ1) is 12.7. The summed E-state index contributed by atoms with van der Waals surface area (Å²) in [6.07, 6.45) is -0.229. The molecule has 0 radical (unpaired) electrons. The minimum Gasteiger partial charge on any atom is -0.373 e. The number of ether oxygens (including phenoxy) is 1. The molecule has 1 aromatic carbocycles. The molecule has 1 N–H and O–H groups in total. The Morgan fingerprint density at radius 3 is 2.37 bits per heavy atom. The molecule has 2 atom stereocenters. The van der Waals surface area contributed by atoms with Gasteiger partial charge in [-0.05, 0) is 37.5 Å². The zero-order valence-corrected chi connectivity index (χ0v) is 18.1. The van der Waals surface area contributed by atoms with Gasteiger partial charge in [0.15, 0.2) is 0 Å². The third kappa shape index (κ3) is 7.10. The van der Waals surface area contributed by atoms with E-state index in [-0.39, 0.29) is 36.2 Å².